The molecule has 0 bridgehead atoms. The van der Waals surface area contributed by atoms with E-state index in [-0.39, 0.29) is 26.3 Å². The molecule has 0 aliphatic heterocycles. The lowest BCUT2D eigenvalue weighted by Gasteiger charge is -2.10. The van der Waals surface area contributed by atoms with Crippen LogP contribution in [0.25, 0.3) is 0 Å². The van der Waals surface area contributed by atoms with Gasteiger partial charge in [0.25, 0.3) is 0 Å². The molecule has 0 aromatic heterocycles. The van der Waals surface area contributed by atoms with Gasteiger partial charge in [0.1, 0.15) is 0 Å². The Balaban J connectivity index is 3.43. The van der Waals surface area contributed by atoms with Crippen molar-refractivity contribution in [1.82, 2.24) is 0 Å². The standard InChI is InChI=1S/C12H12Cl2O4S/c1-3-7(2)6-19(17,18)10-5-8(13)4-9(11(10)14)12(15)16/h4-5H,2-3,6H2,1H3,(H,15,16). The Morgan fingerprint density at radius 3 is 2.42 bits per heavy atom. The van der Waals surface area contributed by atoms with E-state index < -0.39 is 15.8 Å². The normalized spacial score (nSPS) is 11.3. The summed E-state index contributed by atoms with van der Waals surface area (Å²) in [6.45, 7) is 5.40. The first-order chi connectivity index (χ1) is 8.69. The Labute approximate surface area is 121 Å². The molecule has 1 N–H and O–H groups in total. The molecule has 1 rings (SSSR count). The highest BCUT2D eigenvalue weighted by Gasteiger charge is 2.24. The van der Waals surface area contributed by atoms with Crippen molar-refractivity contribution in [3.8, 4) is 0 Å². The Hall–Kier alpha value is -1.04. The molecule has 1 aromatic carbocycles. The molecule has 0 amide bonds. The van der Waals surface area contributed by atoms with Crippen LogP contribution in [0.1, 0.15) is 23.7 Å². The Morgan fingerprint density at radius 2 is 1.95 bits per heavy atom. The molecular weight excluding hydrogens is 311 g/mol. The Kier molecular flexibility index (Phi) is 5.01. The maximum atomic E-state index is 12.2. The van der Waals surface area contributed by atoms with E-state index >= 15 is 0 Å². The first-order valence-corrected chi connectivity index (χ1v) is 7.71. The fourth-order valence-corrected chi connectivity index (χ4v) is 3.81. The molecule has 7 heteroatoms. The summed E-state index contributed by atoms with van der Waals surface area (Å²) in [7, 11) is -3.76. The molecule has 0 heterocycles. The Bertz CT molecular complexity index is 635. The molecular formula is C12H12Cl2O4S. The SMILES string of the molecule is C=C(CC)CS(=O)(=O)c1cc(Cl)cc(C(=O)O)c1Cl. The minimum atomic E-state index is -3.76. The topological polar surface area (TPSA) is 71.4 Å². The van der Waals surface area contributed by atoms with E-state index in [0.717, 1.165) is 12.1 Å². The van der Waals surface area contributed by atoms with Crippen LogP contribution in [-0.2, 0) is 9.84 Å². The van der Waals surface area contributed by atoms with Gasteiger partial charge in [0.05, 0.1) is 21.2 Å². The molecule has 19 heavy (non-hydrogen) atoms. The Morgan fingerprint density at radius 1 is 1.37 bits per heavy atom. The third-order valence-corrected chi connectivity index (χ3v) is 4.98. The van der Waals surface area contributed by atoms with Crippen molar-refractivity contribution in [2.24, 2.45) is 0 Å². The van der Waals surface area contributed by atoms with Crippen molar-refractivity contribution in [1.29, 1.82) is 0 Å². The second-order valence-corrected chi connectivity index (χ2v) is 6.71. The number of rotatable bonds is 5. The van der Waals surface area contributed by atoms with Gasteiger partial charge >= 0.3 is 5.97 Å². The molecule has 0 saturated carbocycles. The highest BCUT2D eigenvalue weighted by molar-refractivity contribution is 7.91. The summed E-state index contributed by atoms with van der Waals surface area (Å²) >= 11 is 11.6. The lowest BCUT2D eigenvalue weighted by Crippen LogP contribution is -2.11. The third-order valence-electron chi connectivity index (χ3n) is 2.46. The molecule has 4 nitrogen and oxygen atoms in total. The van der Waals surface area contributed by atoms with Crippen LogP contribution in [-0.4, -0.2) is 25.2 Å². The summed E-state index contributed by atoms with van der Waals surface area (Å²) < 4.78 is 24.3. The van der Waals surface area contributed by atoms with Crippen molar-refractivity contribution >= 4 is 39.0 Å². The van der Waals surface area contributed by atoms with E-state index in [9.17, 15) is 13.2 Å². The first kappa shape index (κ1) is 16.0. The van der Waals surface area contributed by atoms with Crippen LogP contribution >= 0.6 is 23.2 Å². The van der Waals surface area contributed by atoms with Crippen molar-refractivity contribution < 1.29 is 18.3 Å². The van der Waals surface area contributed by atoms with E-state index in [1.807, 2.05) is 0 Å². The third kappa shape index (κ3) is 3.72. The molecule has 0 aliphatic rings. The van der Waals surface area contributed by atoms with Crippen molar-refractivity contribution in [2.75, 3.05) is 5.75 Å². The van der Waals surface area contributed by atoms with Gasteiger partial charge in [0.2, 0.25) is 0 Å². The van der Waals surface area contributed by atoms with E-state index in [1.165, 1.54) is 0 Å². The molecule has 1 aromatic rings. The van der Waals surface area contributed by atoms with Crippen molar-refractivity contribution in [3.63, 3.8) is 0 Å². The minimum absolute atomic E-state index is 0.00230. The summed E-state index contributed by atoms with van der Waals surface area (Å²) in [6, 6.07) is 2.26. The van der Waals surface area contributed by atoms with Gasteiger partial charge in [-0.05, 0) is 18.6 Å². The summed E-state index contributed by atoms with van der Waals surface area (Å²) in [5.41, 5.74) is 0.169. The van der Waals surface area contributed by atoms with Gasteiger partial charge in [-0.2, -0.15) is 0 Å². The van der Waals surface area contributed by atoms with E-state index in [4.69, 9.17) is 28.3 Å². The van der Waals surface area contributed by atoms with E-state index in [0.29, 0.717) is 12.0 Å². The zero-order chi connectivity index (χ0) is 14.8. The van der Waals surface area contributed by atoms with Crippen LogP contribution in [0.4, 0.5) is 0 Å². The molecule has 0 aliphatic carbocycles. The lowest BCUT2D eigenvalue weighted by atomic mass is 10.2. The number of sulfone groups is 1. The average molecular weight is 323 g/mol. The number of carbonyl (C=O) groups is 1. The largest absolute Gasteiger partial charge is 0.478 e. The highest BCUT2D eigenvalue weighted by atomic mass is 35.5. The molecule has 0 fully saturated rings. The fourth-order valence-electron chi connectivity index (χ4n) is 1.39. The van der Waals surface area contributed by atoms with E-state index in [1.54, 1.807) is 6.92 Å². The average Bonchev–Trinajstić information content (AvgIpc) is 2.30. The van der Waals surface area contributed by atoms with Crippen LogP contribution in [0.2, 0.25) is 10.0 Å². The smallest absolute Gasteiger partial charge is 0.337 e. The molecule has 0 radical (unpaired) electrons. The number of benzene rings is 1. The first-order valence-electron chi connectivity index (χ1n) is 5.30. The molecule has 0 saturated heterocycles. The number of hydrogen-bond acceptors (Lipinski definition) is 3. The quantitative estimate of drug-likeness (QED) is 0.843. The summed E-state index contributed by atoms with van der Waals surface area (Å²) in [5.74, 6) is -1.62. The zero-order valence-electron chi connectivity index (χ0n) is 10.1. The van der Waals surface area contributed by atoms with Crippen molar-refractivity contribution in [2.45, 2.75) is 18.2 Å². The highest BCUT2D eigenvalue weighted by Crippen LogP contribution is 2.31. The van der Waals surface area contributed by atoms with Crippen LogP contribution in [0.15, 0.2) is 29.2 Å². The number of halogens is 2. The number of carboxylic acid groups (broad SMARTS) is 1. The number of aromatic carboxylic acids is 1. The van der Waals surface area contributed by atoms with Crippen LogP contribution in [0.5, 0.6) is 0 Å². The minimum Gasteiger partial charge on any atom is -0.478 e. The molecule has 0 spiro atoms. The summed E-state index contributed by atoms with van der Waals surface area (Å²) in [6.07, 6.45) is 0.503. The maximum Gasteiger partial charge on any atom is 0.337 e. The lowest BCUT2D eigenvalue weighted by molar-refractivity contribution is 0.0697. The molecule has 0 unspecified atom stereocenters. The fraction of sp³-hybridized carbons (Fsp3) is 0.250. The van der Waals surface area contributed by atoms with Gasteiger partial charge in [-0.25, -0.2) is 13.2 Å². The van der Waals surface area contributed by atoms with Crippen LogP contribution in [0.3, 0.4) is 0 Å². The van der Waals surface area contributed by atoms with E-state index in [2.05, 4.69) is 6.58 Å². The van der Waals surface area contributed by atoms with Gasteiger partial charge in [-0.15, -0.1) is 0 Å². The number of hydrogen-bond donors (Lipinski definition) is 1. The molecule has 104 valence electrons. The van der Waals surface area contributed by atoms with Crippen LogP contribution < -0.4 is 0 Å². The predicted octanol–water partition coefficient (Wildman–Crippen LogP) is 3.43. The van der Waals surface area contributed by atoms with Gasteiger partial charge in [-0.3, -0.25) is 0 Å². The summed E-state index contributed by atoms with van der Waals surface area (Å²) in [5, 5.41) is 8.62. The van der Waals surface area contributed by atoms with Gasteiger partial charge in [0.15, 0.2) is 9.84 Å². The van der Waals surface area contributed by atoms with Crippen molar-refractivity contribution in [3.05, 3.63) is 39.9 Å². The number of carboxylic acids is 1. The predicted molar refractivity (Wildman–Crippen MR) is 74.9 cm³/mol. The monoisotopic (exact) mass is 322 g/mol. The zero-order valence-corrected chi connectivity index (χ0v) is 12.4. The van der Waals surface area contributed by atoms with Gasteiger partial charge in [0, 0.05) is 5.02 Å². The second kappa shape index (κ2) is 5.94. The van der Waals surface area contributed by atoms with Crippen LogP contribution in [0, 0.1) is 0 Å². The molecule has 0 atom stereocenters. The maximum absolute atomic E-state index is 12.2. The summed E-state index contributed by atoms with van der Waals surface area (Å²) in [4.78, 5) is 10.7. The van der Waals surface area contributed by atoms with Gasteiger partial charge < -0.3 is 5.11 Å². The van der Waals surface area contributed by atoms with Gasteiger partial charge in [-0.1, -0.05) is 42.3 Å². The second-order valence-electron chi connectivity index (χ2n) is 3.93.